The van der Waals surface area contributed by atoms with Crippen LogP contribution in [-0.2, 0) is 11.0 Å². The number of benzene rings is 1. The summed E-state index contributed by atoms with van der Waals surface area (Å²) in [5.74, 6) is -1.81. The lowest BCUT2D eigenvalue weighted by Crippen LogP contribution is -2.19. The zero-order chi connectivity index (χ0) is 13.4. The van der Waals surface area contributed by atoms with Crippen LogP contribution >= 0.6 is 11.6 Å². The van der Waals surface area contributed by atoms with Gasteiger partial charge in [-0.3, -0.25) is 0 Å². The molecule has 0 spiro atoms. The Balaban J connectivity index is 3.52. The first-order chi connectivity index (χ1) is 7.66. The number of carboxylic acid groups (broad SMARTS) is 1. The van der Waals surface area contributed by atoms with Gasteiger partial charge in [-0.25, -0.2) is 4.79 Å². The monoisotopic (exact) mass is 269 g/mol. The van der Waals surface area contributed by atoms with Gasteiger partial charge < -0.3 is 15.9 Å². The summed E-state index contributed by atoms with van der Waals surface area (Å²) < 4.78 is 38.0. The van der Waals surface area contributed by atoms with E-state index in [2.05, 4.69) is 0 Å². The average molecular weight is 270 g/mol. The molecule has 0 aromatic heterocycles. The van der Waals surface area contributed by atoms with Crippen LogP contribution in [0.5, 0.6) is 0 Å². The largest absolute Gasteiger partial charge is 0.479 e. The summed E-state index contributed by atoms with van der Waals surface area (Å²) in [5, 5.41) is 17.3. The maximum atomic E-state index is 12.7. The van der Waals surface area contributed by atoms with E-state index in [-0.39, 0.29) is 5.02 Å². The van der Waals surface area contributed by atoms with Crippen LogP contribution in [0.2, 0.25) is 5.02 Å². The number of carboxylic acids is 1. The Morgan fingerprint density at radius 2 is 1.94 bits per heavy atom. The predicted molar refractivity (Wildman–Crippen MR) is 53.5 cm³/mol. The van der Waals surface area contributed by atoms with Crippen molar-refractivity contribution in [2.24, 2.45) is 0 Å². The van der Waals surface area contributed by atoms with E-state index < -0.39 is 35.1 Å². The zero-order valence-corrected chi connectivity index (χ0v) is 8.88. The molecule has 0 aliphatic rings. The summed E-state index contributed by atoms with van der Waals surface area (Å²) in [6.07, 6.45) is -7.22. The first-order valence-electron chi connectivity index (χ1n) is 4.22. The van der Waals surface area contributed by atoms with Gasteiger partial charge in [0.25, 0.3) is 0 Å². The molecule has 1 atom stereocenters. The Morgan fingerprint density at radius 3 is 2.35 bits per heavy atom. The third-order valence-corrected chi connectivity index (χ3v) is 2.37. The second-order valence-electron chi connectivity index (χ2n) is 3.16. The standard InChI is InChI=1S/C9H7ClF3NO3/c10-4-2-1-3(7(15)8(16)17)5(6(4)14)9(11,12)13/h1-2,7,15H,14H2,(H,16,17). The molecular formula is C9H7ClF3NO3. The Hall–Kier alpha value is -1.47. The second kappa shape index (κ2) is 4.42. The van der Waals surface area contributed by atoms with Gasteiger partial charge >= 0.3 is 12.1 Å². The van der Waals surface area contributed by atoms with Gasteiger partial charge in [-0.2, -0.15) is 13.2 Å². The SMILES string of the molecule is Nc1c(Cl)ccc(C(O)C(=O)O)c1C(F)(F)F. The topological polar surface area (TPSA) is 83.5 Å². The summed E-state index contributed by atoms with van der Waals surface area (Å²) >= 11 is 5.42. The maximum Gasteiger partial charge on any atom is 0.418 e. The van der Waals surface area contributed by atoms with E-state index in [1.165, 1.54) is 0 Å². The van der Waals surface area contributed by atoms with Crippen molar-refractivity contribution in [2.45, 2.75) is 12.3 Å². The molecule has 0 bridgehead atoms. The summed E-state index contributed by atoms with van der Waals surface area (Å²) in [6.45, 7) is 0. The van der Waals surface area contributed by atoms with E-state index in [0.29, 0.717) is 0 Å². The molecule has 4 N–H and O–H groups in total. The number of rotatable bonds is 2. The van der Waals surface area contributed by atoms with Gasteiger partial charge in [0.15, 0.2) is 6.10 Å². The number of aliphatic carboxylic acids is 1. The van der Waals surface area contributed by atoms with E-state index in [0.717, 1.165) is 12.1 Å². The number of nitrogen functional groups attached to an aromatic ring is 1. The number of hydrogen-bond acceptors (Lipinski definition) is 3. The van der Waals surface area contributed by atoms with Gasteiger partial charge in [-0.05, 0) is 6.07 Å². The fraction of sp³-hybridized carbons (Fsp3) is 0.222. The van der Waals surface area contributed by atoms with Gasteiger partial charge in [0, 0.05) is 5.56 Å². The van der Waals surface area contributed by atoms with Crippen molar-refractivity contribution in [3.63, 3.8) is 0 Å². The quantitative estimate of drug-likeness (QED) is 0.718. The van der Waals surface area contributed by atoms with Gasteiger partial charge in [0.1, 0.15) is 0 Å². The number of anilines is 1. The minimum Gasteiger partial charge on any atom is -0.479 e. The van der Waals surface area contributed by atoms with E-state index in [9.17, 15) is 18.0 Å². The van der Waals surface area contributed by atoms with Crippen LogP contribution in [0.3, 0.4) is 0 Å². The van der Waals surface area contributed by atoms with Crippen molar-refractivity contribution >= 4 is 23.3 Å². The first kappa shape index (κ1) is 13.6. The van der Waals surface area contributed by atoms with Crippen molar-refractivity contribution in [1.29, 1.82) is 0 Å². The van der Waals surface area contributed by atoms with Crippen molar-refractivity contribution in [2.75, 3.05) is 5.73 Å². The normalized spacial score (nSPS) is 13.5. The minimum absolute atomic E-state index is 0.362. The van der Waals surface area contributed by atoms with Crippen LogP contribution in [0, 0.1) is 0 Å². The molecular weight excluding hydrogens is 263 g/mol. The van der Waals surface area contributed by atoms with Crippen molar-refractivity contribution in [3.8, 4) is 0 Å². The number of aliphatic hydroxyl groups excluding tert-OH is 1. The average Bonchev–Trinajstić information content (AvgIpc) is 2.18. The van der Waals surface area contributed by atoms with E-state index >= 15 is 0 Å². The van der Waals surface area contributed by atoms with E-state index in [4.69, 9.17) is 27.5 Å². The van der Waals surface area contributed by atoms with Crippen LogP contribution in [0.25, 0.3) is 0 Å². The molecule has 0 saturated carbocycles. The maximum absolute atomic E-state index is 12.7. The van der Waals surface area contributed by atoms with Crippen LogP contribution in [0.1, 0.15) is 17.2 Å². The zero-order valence-electron chi connectivity index (χ0n) is 8.12. The lowest BCUT2D eigenvalue weighted by atomic mass is 10.00. The van der Waals surface area contributed by atoms with Gasteiger partial charge in [-0.1, -0.05) is 17.7 Å². The highest BCUT2D eigenvalue weighted by atomic mass is 35.5. The third-order valence-electron chi connectivity index (χ3n) is 2.04. The molecule has 4 nitrogen and oxygen atoms in total. The number of nitrogens with two attached hydrogens (primary N) is 1. The number of carbonyl (C=O) groups is 1. The lowest BCUT2D eigenvalue weighted by Gasteiger charge is -2.17. The summed E-state index contributed by atoms with van der Waals surface area (Å²) in [5.41, 5.74) is 2.07. The summed E-state index contributed by atoms with van der Waals surface area (Å²) in [4.78, 5) is 10.5. The molecule has 17 heavy (non-hydrogen) atoms. The molecule has 94 valence electrons. The predicted octanol–water partition coefficient (Wildman–Crippen LogP) is 2.06. The van der Waals surface area contributed by atoms with E-state index in [1.807, 2.05) is 0 Å². The molecule has 8 heteroatoms. The Bertz CT molecular complexity index is 462. The molecule has 0 heterocycles. The van der Waals surface area contributed by atoms with E-state index in [1.54, 1.807) is 0 Å². The number of aliphatic hydroxyl groups is 1. The number of hydrogen-bond donors (Lipinski definition) is 3. The number of halogens is 4. The second-order valence-corrected chi connectivity index (χ2v) is 3.57. The molecule has 0 fully saturated rings. The highest BCUT2D eigenvalue weighted by molar-refractivity contribution is 6.33. The van der Waals surface area contributed by atoms with Gasteiger partial charge in [0.2, 0.25) is 0 Å². The van der Waals surface area contributed by atoms with Crippen molar-refractivity contribution in [3.05, 3.63) is 28.3 Å². The minimum atomic E-state index is -4.90. The molecule has 0 aliphatic heterocycles. The molecule has 0 radical (unpaired) electrons. The molecule has 0 amide bonds. The lowest BCUT2D eigenvalue weighted by molar-refractivity contribution is -0.149. The van der Waals surface area contributed by atoms with Crippen molar-refractivity contribution in [1.82, 2.24) is 0 Å². The highest BCUT2D eigenvalue weighted by Gasteiger charge is 2.39. The summed E-state index contributed by atoms with van der Waals surface area (Å²) in [7, 11) is 0. The van der Waals surface area contributed by atoms with Gasteiger partial charge in [0.05, 0.1) is 16.3 Å². The Labute approximate surface area is 98.4 Å². The van der Waals surface area contributed by atoms with Gasteiger partial charge in [-0.15, -0.1) is 0 Å². The molecule has 1 rings (SSSR count). The summed E-state index contributed by atoms with van der Waals surface area (Å²) in [6, 6.07) is 1.77. The van der Waals surface area contributed by atoms with Crippen LogP contribution in [0.15, 0.2) is 12.1 Å². The Morgan fingerprint density at radius 1 is 1.41 bits per heavy atom. The fourth-order valence-corrected chi connectivity index (χ4v) is 1.45. The fourth-order valence-electron chi connectivity index (χ4n) is 1.29. The molecule has 0 saturated heterocycles. The Kier molecular flexibility index (Phi) is 3.53. The van der Waals surface area contributed by atoms with Crippen LogP contribution in [-0.4, -0.2) is 16.2 Å². The molecule has 1 aromatic rings. The first-order valence-corrected chi connectivity index (χ1v) is 4.60. The number of alkyl halides is 3. The molecule has 0 aliphatic carbocycles. The highest BCUT2D eigenvalue weighted by Crippen LogP contribution is 2.41. The van der Waals surface area contributed by atoms with Crippen LogP contribution < -0.4 is 5.73 Å². The van der Waals surface area contributed by atoms with Crippen LogP contribution in [0.4, 0.5) is 18.9 Å². The third kappa shape index (κ3) is 2.62. The van der Waals surface area contributed by atoms with Crippen molar-refractivity contribution < 1.29 is 28.2 Å². The smallest absolute Gasteiger partial charge is 0.418 e. The molecule has 1 aromatic carbocycles. The molecule has 1 unspecified atom stereocenters.